The van der Waals surface area contributed by atoms with Crippen LogP contribution in [-0.2, 0) is 9.47 Å². The highest BCUT2D eigenvalue weighted by molar-refractivity contribution is 5.44. The van der Waals surface area contributed by atoms with Crippen molar-refractivity contribution in [1.29, 1.82) is 0 Å². The predicted molar refractivity (Wildman–Crippen MR) is 82.2 cm³/mol. The van der Waals surface area contributed by atoms with Crippen molar-refractivity contribution in [1.82, 2.24) is 15.0 Å². The molecule has 8 heteroatoms. The maximum absolute atomic E-state index is 5.37. The third-order valence-corrected chi connectivity index (χ3v) is 3.25. The second kappa shape index (κ2) is 7.94. The third kappa shape index (κ3) is 4.40. The zero-order valence-electron chi connectivity index (χ0n) is 13.0. The maximum Gasteiger partial charge on any atom is 0.232 e. The van der Waals surface area contributed by atoms with Gasteiger partial charge in [0.15, 0.2) is 0 Å². The van der Waals surface area contributed by atoms with E-state index in [1.807, 2.05) is 25.9 Å². The molecular weight excluding hydrogens is 272 g/mol. The largest absolute Gasteiger partial charge is 0.380 e. The van der Waals surface area contributed by atoms with Gasteiger partial charge in [-0.3, -0.25) is 0 Å². The Kier molecular flexibility index (Phi) is 5.94. The van der Waals surface area contributed by atoms with Crippen molar-refractivity contribution < 1.29 is 9.47 Å². The van der Waals surface area contributed by atoms with Gasteiger partial charge < -0.3 is 24.6 Å². The van der Waals surface area contributed by atoms with Crippen molar-refractivity contribution in [3.63, 3.8) is 0 Å². The van der Waals surface area contributed by atoms with Crippen molar-refractivity contribution in [3.05, 3.63) is 0 Å². The number of hydrogen-bond donors (Lipinski definition) is 1. The summed E-state index contributed by atoms with van der Waals surface area (Å²) in [5.41, 5.74) is 0. The van der Waals surface area contributed by atoms with E-state index in [1.54, 1.807) is 0 Å². The molecule has 1 fully saturated rings. The van der Waals surface area contributed by atoms with Crippen LogP contribution in [0.1, 0.15) is 6.92 Å². The van der Waals surface area contributed by atoms with E-state index in [-0.39, 0.29) is 0 Å². The van der Waals surface area contributed by atoms with E-state index in [2.05, 4.69) is 25.2 Å². The summed E-state index contributed by atoms with van der Waals surface area (Å²) in [6.07, 6.45) is 0. The van der Waals surface area contributed by atoms with Gasteiger partial charge in [-0.1, -0.05) is 0 Å². The molecule has 0 spiro atoms. The summed E-state index contributed by atoms with van der Waals surface area (Å²) >= 11 is 0. The highest BCUT2D eigenvalue weighted by Crippen LogP contribution is 2.16. The van der Waals surface area contributed by atoms with E-state index < -0.39 is 0 Å². The van der Waals surface area contributed by atoms with E-state index >= 15 is 0 Å². The minimum absolute atomic E-state index is 0.574. The zero-order valence-corrected chi connectivity index (χ0v) is 13.0. The molecule has 2 rings (SSSR count). The minimum Gasteiger partial charge on any atom is -0.380 e. The fourth-order valence-corrected chi connectivity index (χ4v) is 1.99. The summed E-state index contributed by atoms with van der Waals surface area (Å²) in [5.74, 6) is 1.91. The lowest BCUT2D eigenvalue weighted by molar-refractivity contribution is 0.122. The number of ether oxygens (including phenoxy) is 2. The summed E-state index contributed by atoms with van der Waals surface area (Å²) < 4.78 is 10.7. The van der Waals surface area contributed by atoms with Crippen LogP contribution in [0.4, 0.5) is 17.8 Å². The van der Waals surface area contributed by atoms with Crippen LogP contribution >= 0.6 is 0 Å². The van der Waals surface area contributed by atoms with Crippen LogP contribution < -0.4 is 15.1 Å². The van der Waals surface area contributed by atoms with Gasteiger partial charge in [-0.15, -0.1) is 0 Å². The van der Waals surface area contributed by atoms with Crippen molar-refractivity contribution >= 4 is 17.8 Å². The summed E-state index contributed by atoms with van der Waals surface area (Å²) in [4.78, 5) is 17.5. The summed E-state index contributed by atoms with van der Waals surface area (Å²) in [7, 11) is 3.76. The normalized spacial score (nSPS) is 15.1. The Labute approximate surface area is 125 Å². The van der Waals surface area contributed by atoms with Gasteiger partial charge in [-0.2, -0.15) is 15.0 Å². The highest BCUT2D eigenvalue weighted by Gasteiger charge is 2.17. The van der Waals surface area contributed by atoms with E-state index in [4.69, 9.17) is 9.47 Å². The molecule has 2 heterocycles. The first-order valence-electron chi connectivity index (χ1n) is 7.30. The first-order chi connectivity index (χ1) is 10.2. The molecule has 0 atom stereocenters. The lowest BCUT2D eigenvalue weighted by Gasteiger charge is -2.27. The predicted octanol–water partition coefficient (Wildman–Crippen LogP) is 0.223. The lowest BCUT2D eigenvalue weighted by Crippen LogP contribution is -2.38. The average molecular weight is 296 g/mol. The fraction of sp³-hybridized carbons (Fsp3) is 0.769. The van der Waals surface area contributed by atoms with Crippen molar-refractivity contribution in [3.8, 4) is 0 Å². The quantitative estimate of drug-likeness (QED) is 0.716. The smallest absolute Gasteiger partial charge is 0.232 e. The Morgan fingerprint density at radius 2 is 2.05 bits per heavy atom. The van der Waals surface area contributed by atoms with Crippen LogP contribution in [-0.4, -0.2) is 75.1 Å². The van der Waals surface area contributed by atoms with Gasteiger partial charge in [-0.05, 0) is 6.92 Å². The molecule has 1 aliphatic heterocycles. The van der Waals surface area contributed by atoms with Gasteiger partial charge in [0.25, 0.3) is 0 Å². The second-order valence-corrected chi connectivity index (χ2v) is 4.73. The standard InChI is InChI=1S/C13H24N6O2/c1-4-20-8-5-18(3)12-15-11(14-2)16-13(17-12)19-6-9-21-10-7-19/h4-10H2,1-3H3,(H,14,15,16,17). The number of hydrogen-bond acceptors (Lipinski definition) is 8. The summed E-state index contributed by atoms with van der Waals surface area (Å²) in [6.45, 7) is 7.10. The molecule has 1 saturated heterocycles. The monoisotopic (exact) mass is 296 g/mol. The molecule has 0 aliphatic carbocycles. The van der Waals surface area contributed by atoms with Crippen molar-refractivity contribution in [2.24, 2.45) is 0 Å². The van der Waals surface area contributed by atoms with Crippen molar-refractivity contribution in [2.75, 3.05) is 75.3 Å². The van der Waals surface area contributed by atoms with Gasteiger partial charge in [0.05, 0.1) is 19.8 Å². The number of rotatable bonds is 7. The molecule has 118 valence electrons. The maximum atomic E-state index is 5.37. The van der Waals surface area contributed by atoms with Crippen molar-refractivity contribution in [2.45, 2.75) is 6.92 Å². The Balaban J connectivity index is 2.12. The molecule has 1 aromatic heterocycles. The summed E-state index contributed by atoms with van der Waals surface area (Å²) in [6, 6.07) is 0. The first-order valence-corrected chi connectivity index (χ1v) is 7.30. The van der Waals surface area contributed by atoms with Crippen LogP contribution in [0.15, 0.2) is 0 Å². The molecule has 0 aromatic carbocycles. The van der Waals surface area contributed by atoms with E-state index in [9.17, 15) is 0 Å². The number of anilines is 3. The average Bonchev–Trinajstić information content (AvgIpc) is 2.55. The van der Waals surface area contributed by atoms with Gasteiger partial charge in [0, 0.05) is 40.3 Å². The molecule has 1 aromatic rings. The number of nitrogens with one attached hydrogen (secondary N) is 1. The molecule has 21 heavy (non-hydrogen) atoms. The molecule has 8 nitrogen and oxygen atoms in total. The van der Waals surface area contributed by atoms with Gasteiger partial charge in [0.2, 0.25) is 17.8 Å². The Hall–Kier alpha value is -1.67. The highest BCUT2D eigenvalue weighted by atomic mass is 16.5. The van der Waals surface area contributed by atoms with Crippen LogP contribution in [0.25, 0.3) is 0 Å². The first kappa shape index (κ1) is 15.7. The Morgan fingerprint density at radius 1 is 1.29 bits per heavy atom. The third-order valence-electron chi connectivity index (χ3n) is 3.25. The number of morpholine rings is 1. The lowest BCUT2D eigenvalue weighted by atomic mass is 10.4. The summed E-state index contributed by atoms with van der Waals surface area (Å²) in [5, 5.41) is 2.99. The molecule has 0 bridgehead atoms. The number of nitrogens with zero attached hydrogens (tertiary/aromatic N) is 5. The molecule has 0 unspecified atom stereocenters. The topological polar surface area (TPSA) is 75.6 Å². The molecule has 1 aliphatic rings. The van der Waals surface area contributed by atoms with Crippen LogP contribution in [0.5, 0.6) is 0 Å². The second-order valence-electron chi connectivity index (χ2n) is 4.73. The van der Waals surface area contributed by atoms with E-state index in [1.165, 1.54) is 0 Å². The fourth-order valence-electron chi connectivity index (χ4n) is 1.99. The van der Waals surface area contributed by atoms with Gasteiger partial charge in [-0.25, -0.2) is 0 Å². The van der Waals surface area contributed by atoms with Crippen LogP contribution in [0.2, 0.25) is 0 Å². The molecule has 0 saturated carbocycles. The molecule has 1 N–H and O–H groups in total. The molecule has 0 amide bonds. The Morgan fingerprint density at radius 3 is 2.71 bits per heavy atom. The van der Waals surface area contributed by atoms with E-state index in [0.29, 0.717) is 44.3 Å². The zero-order chi connectivity index (χ0) is 15.1. The van der Waals surface area contributed by atoms with Crippen LogP contribution in [0, 0.1) is 0 Å². The van der Waals surface area contributed by atoms with E-state index in [0.717, 1.165) is 19.6 Å². The molecule has 0 radical (unpaired) electrons. The SMILES string of the molecule is CCOCCN(C)c1nc(NC)nc(N2CCOCC2)n1. The van der Waals surface area contributed by atoms with Gasteiger partial charge in [0.1, 0.15) is 0 Å². The Bertz CT molecular complexity index is 439. The number of likely N-dealkylation sites (N-methyl/N-ethyl adjacent to an activating group) is 1. The van der Waals surface area contributed by atoms with Gasteiger partial charge >= 0.3 is 0 Å². The minimum atomic E-state index is 0.574. The number of aromatic nitrogens is 3. The van der Waals surface area contributed by atoms with Crippen LogP contribution in [0.3, 0.4) is 0 Å². The molecular formula is C13H24N6O2.